The van der Waals surface area contributed by atoms with Crippen molar-refractivity contribution in [3.05, 3.63) is 0 Å². The van der Waals surface area contributed by atoms with Crippen LogP contribution in [-0.4, -0.2) is 10.9 Å². The van der Waals surface area contributed by atoms with E-state index >= 15 is 0 Å². The Kier molecular flexibility index (Phi) is 8.35. The van der Waals surface area contributed by atoms with E-state index in [0.29, 0.717) is 0 Å². The number of hydrogen-bond acceptors (Lipinski definition) is 2. The van der Waals surface area contributed by atoms with Crippen LogP contribution in [0.3, 0.4) is 0 Å². The van der Waals surface area contributed by atoms with Gasteiger partial charge < -0.3 is 0 Å². The van der Waals surface area contributed by atoms with Crippen molar-refractivity contribution in [1.82, 2.24) is 0 Å². The summed E-state index contributed by atoms with van der Waals surface area (Å²) in [5.74, 6) is 2.63. The maximum Gasteiger partial charge on any atom is 0.185 e. The molecule has 0 aliphatic carbocycles. The van der Waals surface area contributed by atoms with Gasteiger partial charge in [0.05, 0.1) is 0 Å². The van der Waals surface area contributed by atoms with Crippen LogP contribution < -0.4 is 0 Å². The van der Waals surface area contributed by atoms with Crippen molar-refractivity contribution in [2.45, 2.75) is 53.4 Å². The molecular weight excluding hydrogens is 192 g/mol. The van der Waals surface area contributed by atoms with Gasteiger partial charge in [-0.15, -0.1) is 0 Å². The number of hydrogen-bond donors (Lipinski definition) is 0. The Bertz CT molecular complexity index is 156. The lowest BCUT2D eigenvalue weighted by molar-refractivity contribution is -0.109. The van der Waals surface area contributed by atoms with Crippen LogP contribution in [0.25, 0.3) is 0 Å². The molecule has 0 saturated heterocycles. The maximum absolute atomic E-state index is 10.7. The van der Waals surface area contributed by atoms with Crippen molar-refractivity contribution >= 4 is 16.9 Å². The molecule has 1 nitrogen and oxygen atoms in total. The lowest BCUT2D eigenvalue weighted by Gasteiger charge is -2.13. The third kappa shape index (κ3) is 8.61. The molecule has 0 aromatic rings. The second-order valence-electron chi connectivity index (χ2n) is 4.32. The van der Waals surface area contributed by atoms with Crippen LogP contribution in [-0.2, 0) is 4.79 Å². The van der Waals surface area contributed by atoms with Crippen LogP contribution in [0.4, 0.5) is 0 Å². The topological polar surface area (TPSA) is 17.1 Å². The van der Waals surface area contributed by atoms with E-state index in [2.05, 4.69) is 20.8 Å². The summed E-state index contributed by atoms with van der Waals surface area (Å²) >= 11 is 1.46. The monoisotopic (exact) mass is 216 g/mol. The first-order valence-corrected chi connectivity index (χ1v) is 6.68. The van der Waals surface area contributed by atoms with Crippen molar-refractivity contribution in [3.8, 4) is 0 Å². The molecule has 84 valence electrons. The molecule has 2 heteroatoms. The third-order valence-corrected chi connectivity index (χ3v) is 3.61. The molecule has 0 aromatic carbocycles. The van der Waals surface area contributed by atoms with E-state index in [1.807, 2.05) is 0 Å². The van der Waals surface area contributed by atoms with Gasteiger partial charge in [0, 0.05) is 12.7 Å². The van der Waals surface area contributed by atoms with Crippen molar-refractivity contribution in [3.63, 3.8) is 0 Å². The van der Waals surface area contributed by atoms with Crippen molar-refractivity contribution in [2.24, 2.45) is 11.8 Å². The zero-order chi connectivity index (χ0) is 11.0. The second-order valence-corrected chi connectivity index (χ2v) is 5.60. The lowest BCUT2D eigenvalue weighted by atomic mass is 9.95. The van der Waals surface area contributed by atoms with E-state index in [0.717, 1.165) is 17.6 Å². The van der Waals surface area contributed by atoms with Crippen molar-refractivity contribution in [1.29, 1.82) is 0 Å². The zero-order valence-corrected chi connectivity index (χ0v) is 10.8. The Morgan fingerprint density at radius 1 is 1.14 bits per heavy atom. The number of rotatable bonds is 7. The van der Waals surface area contributed by atoms with Crippen LogP contribution in [0.2, 0.25) is 0 Å². The largest absolute Gasteiger partial charge is 0.288 e. The highest BCUT2D eigenvalue weighted by atomic mass is 32.2. The maximum atomic E-state index is 10.7. The fraction of sp³-hybridized carbons (Fsp3) is 0.917. The molecular formula is C12H24OS. The molecule has 2 atom stereocenters. The minimum absolute atomic E-state index is 0.249. The fourth-order valence-corrected chi connectivity index (χ4v) is 2.13. The molecule has 0 aromatic heterocycles. The normalized spacial score (nSPS) is 15.1. The van der Waals surface area contributed by atoms with E-state index in [9.17, 15) is 4.79 Å². The summed E-state index contributed by atoms with van der Waals surface area (Å²) in [4.78, 5) is 10.7. The number of carbonyl (C=O) groups is 1. The molecule has 2 unspecified atom stereocenters. The molecule has 0 radical (unpaired) electrons. The van der Waals surface area contributed by atoms with Gasteiger partial charge in [0.2, 0.25) is 0 Å². The molecule has 0 bridgehead atoms. The lowest BCUT2D eigenvalue weighted by Crippen LogP contribution is -2.01. The standard InChI is InChI=1S/C12H24OS/c1-5-10(2)6-7-11(3)8-9-14-12(4)13/h10-11H,5-9H2,1-4H3. The summed E-state index contributed by atoms with van der Waals surface area (Å²) in [6.45, 7) is 8.51. The van der Waals surface area contributed by atoms with Gasteiger partial charge in [-0.1, -0.05) is 51.8 Å². The highest BCUT2D eigenvalue weighted by molar-refractivity contribution is 8.13. The van der Waals surface area contributed by atoms with Crippen molar-refractivity contribution in [2.75, 3.05) is 5.75 Å². The molecule has 0 N–H and O–H groups in total. The molecule has 0 aliphatic heterocycles. The van der Waals surface area contributed by atoms with E-state index in [-0.39, 0.29) is 5.12 Å². The van der Waals surface area contributed by atoms with Crippen molar-refractivity contribution < 1.29 is 4.79 Å². The highest BCUT2D eigenvalue weighted by Gasteiger charge is 2.05. The summed E-state index contributed by atoms with van der Waals surface area (Å²) in [6, 6.07) is 0. The average molecular weight is 216 g/mol. The molecule has 0 amide bonds. The molecule has 0 fully saturated rings. The van der Waals surface area contributed by atoms with Gasteiger partial charge in [0.1, 0.15) is 0 Å². The first-order chi connectivity index (χ1) is 6.56. The van der Waals surface area contributed by atoms with Crippen LogP contribution in [0, 0.1) is 11.8 Å². The zero-order valence-electron chi connectivity index (χ0n) is 10.0. The molecule has 0 rings (SSSR count). The predicted molar refractivity (Wildman–Crippen MR) is 65.6 cm³/mol. The van der Waals surface area contributed by atoms with Gasteiger partial charge in [-0.25, -0.2) is 0 Å². The van der Waals surface area contributed by atoms with Crippen LogP contribution in [0.1, 0.15) is 53.4 Å². The quantitative estimate of drug-likeness (QED) is 0.637. The van der Waals surface area contributed by atoms with Gasteiger partial charge in [-0.05, 0) is 18.3 Å². The van der Waals surface area contributed by atoms with Gasteiger partial charge in [-0.2, -0.15) is 0 Å². The Hall–Kier alpha value is 0.0200. The van der Waals surface area contributed by atoms with Gasteiger partial charge in [-0.3, -0.25) is 4.79 Å². The van der Waals surface area contributed by atoms with Gasteiger partial charge in [0.25, 0.3) is 0 Å². The summed E-state index contributed by atoms with van der Waals surface area (Å²) in [5, 5.41) is 0.249. The SMILES string of the molecule is CCC(C)CCC(C)CCSC(C)=O. The minimum atomic E-state index is 0.249. The second kappa shape index (κ2) is 8.34. The smallest absolute Gasteiger partial charge is 0.185 e. The molecule has 0 spiro atoms. The number of carbonyl (C=O) groups excluding carboxylic acids is 1. The van der Waals surface area contributed by atoms with E-state index < -0.39 is 0 Å². The first-order valence-electron chi connectivity index (χ1n) is 5.69. The molecule has 0 saturated carbocycles. The third-order valence-electron chi connectivity index (χ3n) is 2.77. The predicted octanol–water partition coefficient (Wildman–Crippen LogP) is 4.12. The van der Waals surface area contributed by atoms with E-state index in [1.54, 1.807) is 6.92 Å². The summed E-state index contributed by atoms with van der Waals surface area (Å²) in [5.41, 5.74) is 0. The average Bonchev–Trinajstić information content (AvgIpc) is 2.13. The van der Waals surface area contributed by atoms with Crippen LogP contribution >= 0.6 is 11.8 Å². The summed E-state index contributed by atoms with van der Waals surface area (Å²) in [6.07, 6.45) is 5.12. The Labute approximate surface area is 93.0 Å². The fourth-order valence-electron chi connectivity index (χ4n) is 1.32. The molecule has 0 aliphatic rings. The number of thioether (sulfide) groups is 1. The Morgan fingerprint density at radius 2 is 1.71 bits per heavy atom. The summed E-state index contributed by atoms with van der Waals surface area (Å²) in [7, 11) is 0. The van der Waals surface area contributed by atoms with E-state index in [1.165, 1.54) is 37.4 Å². The highest BCUT2D eigenvalue weighted by Crippen LogP contribution is 2.19. The van der Waals surface area contributed by atoms with Gasteiger partial charge in [0.15, 0.2) is 5.12 Å². The first kappa shape index (κ1) is 14.0. The Morgan fingerprint density at radius 3 is 2.21 bits per heavy atom. The minimum Gasteiger partial charge on any atom is -0.288 e. The van der Waals surface area contributed by atoms with Gasteiger partial charge >= 0.3 is 0 Å². The summed E-state index contributed by atoms with van der Waals surface area (Å²) < 4.78 is 0. The van der Waals surface area contributed by atoms with Crippen LogP contribution in [0.5, 0.6) is 0 Å². The Balaban J connectivity index is 3.36. The van der Waals surface area contributed by atoms with E-state index in [4.69, 9.17) is 0 Å². The molecule has 0 heterocycles. The van der Waals surface area contributed by atoms with Crippen LogP contribution in [0.15, 0.2) is 0 Å². The molecule has 14 heavy (non-hydrogen) atoms.